The standard InChI is InChI=1S/C20H24BrN3O2/c21-16-10-8-15(9-11-16)19-22-20(26-23-19)17-6-3-13-24(17)18(25)12-7-14-4-1-2-5-14/h8-11,14,17H,1-7,12-13H2. The van der Waals surface area contributed by atoms with Crippen molar-refractivity contribution in [2.45, 2.75) is 57.4 Å². The van der Waals surface area contributed by atoms with Crippen LogP contribution in [0.3, 0.4) is 0 Å². The van der Waals surface area contributed by atoms with Crippen LogP contribution in [0, 0.1) is 5.92 Å². The van der Waals surface area contributed by atoms with Crippen LogP contribution in [0.15, 0.2) is 33.3 Å². The number of aromatic nitrogens is 2. The molecule has 1 saturated carbocycles. The van der Waals surface area contributed by atoms with Gasteiger partial charge in [-0.2, -0.15) is 4.98 Å². The van der Waals surface area contributed by atoms with E-state index in [0.717, 1.165) is 41.8 Å². The molecule has 5 nitrogen and oxygen atoms in total. The average Bonchev–Trinajstić information content (AvgIpc) is 3.40. The Bertz CT molecular complexity index is 753. The highest BCUT2D eigenvalue weighted by molar-refractivity contribution is 9.10. The summed E-state index contributed by atoms with van der Waals surface area (Å²) in [5, 5.41) is 4.12. The number of halogens is 1. The summed E-state index contributed by atoms with van der Waals surface area (Å²) in [6, 6.07) is 7.76. The Kier molecular flexibility index (Phi) is 5.38. The lowest BCUT2D eigenvalue weighted by molar-refractivity contribution is -0.132. The summed E-state index contributed by atoms with van der Waals surface area (Å²) in [6.45, 7) is 0.796. The smallest absolute Gasteiger partial charge is 0.249 e. The molecule has 0 N–H and O–H groups in total. The summed E-state index contributed by atoms with van der Waals surface area (Å²) in [4.78, 5) is 19.3. The first-order chi connectivity index (χ1) is 12.7. The second-order valence-corrected chi connectivity index (χ2v) is 8.31. The van der Waals surface area contributed by atoms with Crippen LogP contribution in [-0.4, -0.2) is 27.5 Å². The van der Waals surface area contributed by atoms with E-state index in [0.29, 0.717) is 18.1 Å². The highest BCUT2D eigenvalue weighted by Gasteiger charge is 2.34. The van der Waals surface area contributed by atoms with E-state index in [2.05, 4.69) is 26.1 Å². The van der Waals surface area contributed by atoms with Gasteiger partial charge in [0.15, 0.2) is 0 Å². The number of hydrogen-bond acceptors (Lipinski definition) is 4. The van der Waals surface area contributed by atoms with Crippen LogP contribution >= 0.6 is 15.9 Å². The number of benzene rings is 1. The molecule has 2 aliphatic rings. The van der Waals surface area contributed by atoms with Crippen molar-refractivity contribution >= 4 is 21.8 Å². The Hall–Kier alpha value is -1.69. The second-order valence-electron chi connectivity index (χ2n) is 7.40. The van der Waals surface area contributed by atoms with E-state index in [1.54, 1.807) is 0 Å². The van der Waals surface area contributed by atoms with E-state index in [4.69, 9.17) is 4.52 Å². The maximum absolute atomic E-state index is 12.7. The highest BCUT2D eigenvalue weighted by atomic mass is 79.9. The minimum atomic E-state index is -0.0669. The summed E-state index contributed by atoms with van der Waals surface area (Å²) < 4.78 is 6.54. The van der Waals surface area contributed by atoms with Crippen molar-refractivity contribution in [3.05, 3.63) is 34.6 Å². The lowest BCUT2D eigenvalue weighted by Crippen LogP contribution is -2.30. The predicted octanol–water partition coefficient (Wildman–Crippen LogP) is 5.13. The van der Waals surface area contributed by atoms with Crippen molar-refractivity contribution in [3.8, 4) is 11.4 Å². The third-order valence-corrected chi connectivity index (χ3v) is 6.17. The van der Waals surface area contributed by atoms with Gasteiger partial charge in [-0.25, -0.2) is 0 Å². The fourth-order valence-corrected chi connectivity index (χ4v) is 4.44. The van der Waals surface area contributed by atoms with Crippen LogP contribution in [0.25, 0.3) is 11.4 Å². The van der Waals surface area contributed by atoms with Gasteiger partial charge in [0.1, 0.15) is 6.04 Å². The fraction of sp³-hybridized carbons (Fsp3) is 0.550. The van der Waals surface area contributed by atoms with Gasteiger partial charge in [0.05, 0.1) is 0 Å². The fourth-order valence-electron chi connectivity index (χ4n) is 4.18. The Labute approximate surface area is 162 Å². The molecule has 1 saturated heterocycles. The monoisotopic (exact) mass is 417 g/mol. The normalized spacial score (nSPS) is 20.8. The van der Waals surface area contributed by atoms with Gasteiger partial charge in [-0.05, 0) is 49.4 Å². The van der Waals surface area contributed by atoms with E-state index in [1.807, 2.05) is 29.2 Å². The van der Waals surface area contributed by atoms with Gasteiger partial charge in [0.25, 0.3) is 0 Å². The Morgan fingerprint density at radius 2 is 1.92 bits per heavy atom. The van der Waals surface area contributed by atoms with Crippen molar-refractivity contribution in [1.29, 1.82) is 0 Å². The number of carbonyl (C=O) groups excluding carboxylic acids is 1. The molecule has 2 heterocycles. The molecule has 6 heteroatoms. The molecular weight excluding hydrogens is 394 g/mol. The zero-order valence-corrected chi connectivity index (χ0v) is 16.5. The van der Waals surface area contributed by atoms with Crippen molar-refractivity contribution in [2.24, 2.45) is 5.92 Å². The molecule has 138 valence electrons. The molecule has 1 unspecified atom stereocenters. The van der Waals surface area contributed by atoms with Crippen LogP contribution in [0.5, 0.6) is 0 Å². The Morgan fingerprint density at radius 3 is 2.69 bits per heavy atom. The maximum Gasteiger partial charge on any atom is 0.249 e. The molecular formula is C20H24BrN3O2. The van der Waals surface area contributed by atoms with E-state index >= 15 is 0 Å². The molecule has 1 aliphatic carbocycles. The van der Waals surface area contributed by atoms with Crippen LogP contribution in [0.2, 0.25) is 0 Å². The van der Waals surface area contributed by atoms with Gasteiger partial charge in [-0.1, -0.05) is 46.8 Å². The van der Waals surface area contributed by atoms with Gasteiger partial charge in [0.2, 0.25) is 17.6 Å². The molecule has 0 radical (unpaired) electrons. The first-order valence-electron chi connectivity index (χ1n) is 9.60. The number of carbonyl (C=O) groups is 1. The summed E-state index contributed by atoms with van der Waals surface area (Å²) >= 11 is 3.43. The molecule has 1 aromatic heterocycles. The van der Waals surface area contributed by atoms with Gasteiger partial charge in [0, 0.05) is 23.0 Å². The van der Waals surface area contributed by atoms with Crippen molar-refractivity contribution in [3.63, 3.8) is 0 Å². The van der Waals surface area contributed by atoms with Gasteiger partial charge >= 0.3 is 0 Å². The van der Waals surface area contributed by atoms with E-state index in [9.17, 15) is 4.79 Å². The molecule has 1 atom stereocenters. The number of amides is 1. The van der Waals surface area contributed by atoms with Gasteiger partial charge in [-0.15, -0.1) is 0 Å². The summed E-state index contributed by atoms with van der Waals surface area (Å²) in [5.41, 5.74) is 0.917. The molecule has 0 bridgehead atoms. The summed E-state index contributed by atoms with van der Waals surface area (Å²) in [5.74, 6) is 2.13. The topological polar surface area (TPSA) is 59.2 Å². The van der Waals surface area contributed by atoms with Gasteiger partial charge in [-0.3, -0.25) is 4.79 Å². The van der Waals surface area contributed by atoms with Crippen LogP contribution < -0.4 is 0 Å². The van der Waals surface area contributed by atoms with Crippen molar-refractivity contribution < 1.29 is 9.32 Å². The predicted molar refractivity (Wildman–Crippen MR) is 102 cm³/mol. The van der Waals surface area contributed by atoms with Crippen LogP contribution in [-0.2, 0) is 4.79 Å². The van der Waals surface area contributed by atoms with Crippen molar-refractivity contribution in [2.75, 3.05) is 6.54 Å². The minimum Gasteiger partial charge on any atom is -0.337 e. The first-order valence-corrected chi connectivity index (χ1v) is 10.4. The number of rotatable bonds is 5. The largest absolute Gasteiger partial charge is 0.337 e. The van der Waals surface area contributed by atoms with E-state index in [-0.39, 0.29) is 11.9 Å². The molecule has 2 fully saturated rings. The zero-order chi connectivity index (χ0) is 17.9. The van der Waals surface area contributed by atoms with Gasteiger partial charge < -0.3 is 9.42 Å². The second kappa shape index (κ2) is 7.91. The molecule has 1 aromatic carbocycles. The Morgan fingerprint density at radius 1 is 1.15 bits per heavy atom. The molecule has 26 heavy (non-hydrogen) atoms. The Balaban J connectivity index is 1.42. The average molecular weight is 418 g/mol. The zero-order valence-electron chi connectivity index (χ0n) is 14.9. The SMILES string of the molecule is O=C(CCC1CCCC1)N1CCCC1c1nc(-c2ccc(Br)cc2)no1. The first kappa shape index (κ1) is 17.7. The van der Waals surface area contributed by atoms with Crippen LogP contribution in [0.1, 0.15) is 63.3 Å². The molecule has 0 spiro atoms. The van der Waals surface area contributed by atoms with Crippen molar-refractivity contribution in [1.82, 2.24) is 15.0 Å². The maximum atomic E-state index is 12.7. The molecule has 1 aliphatic heterocycles. The number of nitrogens with zero attached hydrogens (tertiary/aromatic N) is 3. The quantitative estimate of drug-likeness (QED) is 0.675. The summed E-state index contributed by atoms with van der Waals surface area (Å²) in [6.07, 6.45) is 8.80. The molecule has 2 aromatic rings. The lowest BCUT2D eigenvalue weighted by Gasteiger charge is -2.22. The third-order valence-electron chi connectivity index (χ3n) is 5.64. The molecule has 1 amide bonds. The lowest BCUT2D eigenvalue weighted by atomic mass is 10.0. The summed E-state index contributed by atoms with van der Waals surface area (Å²) in [7, 11) is 0. The number of likely N-dealkylation sites (tertiary alicyclic amines) is 1. The van der Waals surface area contributed by atoms with E-state index < -0.39 is 0 Å². The number of hydrogen-bond donors (Lipinski definition) is 0. The molecule has 4 rings (SSSR count). The third kappa shape index (κ3) is 3.85. The van der Waals surface area contributed by atoms with E-state index in [1.165, 1.54) is 25.7 Å². The highest BCUT2D eigenvalue weighted by Crippen LogP contribution is 2.34. The van der Waals surface area contributed by atoms with Crippen LogP contribution in [0.4, 0.5) is 0 Å². The minimum absolute atomic E-state index is 0.0669.